The second kappa shape index (κ2) is 7.17. The molecule has 1 N–H and O–H groups in total. The number of fused-ring (bicyclic) bond motifs is 1. The molecule has 0 radical (unpaired) electrons. The van der Waals surface area contributed by atoms with E-state index in [9.17, 15) is 14.4 Å². The summed E-state index contributed by atoms with van der Waals surface area (Å²) in [5.41, 5.74) is 3.17. The number of carbonyl (C=O) groups is 3. The van der Waals surface area contributed by atoms with E-state index in [1.165, 1.54) is 0 Å². The fraction of sp³-hybridized carbons (Fsp3) is 0.211. The van der Waals surface area contributed by atoms with Crippen molar-refractivity contribution in [3.05, 3.63) is 53.6 Å². The minimum Gasteiger partial charge on any atom is -0.484 e. The van der Waals surface area contributed by atoms with E-state index in [1.54, 1.807) is 42.2 Å². The maximum absolute atomic E-state index is 12.0. The first-order valence-corrected chi connectivity index (χ1v) is 7.96. The summed E-state index contributed by atoms with van der Waals surface area (Å²) in [7, 11) is 0. The number of amides is 2. The van der Waals surface area contributed by atoms with Crippen LogP contribution in [-0.4, -0.2) is 31.3 Å². The Morgan fingerprint density at radius 2 is 1.96 bits per heavy atom. The van der Waals surface area contributed by atoms with E-state index < -0.39 is 0 Å². The zero-order valence-electron chi connectivity index (χ0n) is 13.8. The van der Waals surface area contributed by atoms with Gasteiger partial charge in [-0.2, -0.15) is 0 Å². The van der Waals surface area contributed by atoms with Gasteiger partial charge in [0.15, 0.2) is 6.61 Å². The Hall–Kier alpha value is -3.15. The van der Waals surface area contributed by atoms with Gasteiger partial charge in [0.25, 0.3) is 5.91 Å². The summed E-state index contributed by atoms with van der Waals surface area (Å²) in [5.74, 6) is 0.261. The lowest BCUT2D eigenvalue weighted by atomic mass is 10.1. The molecule has 0 saturated carbocycles. The molecule has 3 rings (SSSR count). The van der Waals surface area contributed by atoms with Gasteiger partial charge in [-0.1, -0.05) is 0 Å². The van der Waals surface area contributed by atoms with Crippen molar-refractivity contribution >= 4 is 29.5 Å². The van der Waals surface area contributed by atoms with Crippen LogP contribution in [0.15, 0.2) is 42.5 Å². The maximum Gasteiger partial charge on any atom is 0.262 e. The quantitative estimate of drug-likeness (QED) is 0.850. The van der Waals surface area contributed by atoms with Gasteiger partial charge in [0, 0.05) is 30.4 Å². The Morgan fingerprint density at radius 1 is 1.20 bits per heavy atom. The molecule has 0 spiro atoms. The standard InChI is InChI=1S/C19H18N2O4/c1-13(23)21-9-8-15-10-16(4-7-18(15)21)20-19(24)12-25-17-5-2-14(11-22)3-6-17/h2-7,10-11H,8-9,12H2,1H3,(H,20,24). The van der Waals surface area contributed by atoms with Gasteiger partial charge >= 0.3 is 0 Å². The molecule has 2 aromatic carbocycles. The van der Waals surface area contributed by atoms with Gasteiger partial charge in [-0.3, -0.25) is 14.4 Å². The van der Waals surface area contributed by atoms with Crippen LogP contribution in [0.25, 0.3) is 0 Å². The highest BCUT2D eigenvalue weighted by atomic mass is 16.5. The van der Waals surface area contributed by atoms with Crippen LogP contribution in [0.5, 0.6) is 5.75 Å². The van der Waals surface area contributed by atoms with Crippen molar-refractivity contribution in [3.8, 4) is 5.75 Å². The van der Waals surface area contributed by atoms with E-state index in [0.29, 0.717) is 23.5 Å². The van der Waals surface area contributed by atoms with Crippen molar-refractivity contribution in [1.82, 2.24) is 0 Å². The number of hydrogen-bond donors (Lipinski definition) is 1. The zero-order chi connectivity index (χ0) is 17.8. The summed E-state index contributed by atoms with van der Waals surface area (Å²) < 4.78 is 5.40. The molecular weight excluding hydrogens is 320 g/mol. The molecule has 0 aliphatic carbocycles. The second-order valence-corrected chi connectivity index (χ2v) is 5.79. The lowest BCUT2D eigenvalue weighted by Crippen LogP contribution is -2.25. The molecule has 0 bridgehead atoms. The number of nitrogens with zero attached hydrogens (tertiary/aromatic N) is 1. The molecule has 25 heavy (non-hydrogen) atoms. The van der Waals surface area contributed by atoms with Crippen molar-refractivity contribution < 1.29 is 19.1 Å². The number of carbonyl (C=O) groups excluding carboxylic acids is 3. The molecule has 0 aromatic heterocycles. The van der Waals surface area contributed by atoms with Gasteiger partial charge in [-0.25, -0.2) is 0 Å². The van der Waals surface area contributed by atoms with E-state index in [4.69, 9.17) is 4.74 Å². The number of rotatable bonds is 5. The van der Waals surface area contributed by atoms with Crippen LogP contribution in [0.1, 0.15) is 22.8 Å². The van der Waals surface area contributed by atoms with E-state index in [0.717, 1.165) is 24.0 Å². The van der Waals surface area contributed by atoms with Crippen molar-refractivity contribution in [2.75, 3.05) is 23.4 Å². The third kappa shape index (κ3) is 3.85. The van der Waals surface area contributed by atoms with Crippen LogP contribution in [0.3, 0.4) is 0 Å². The number of ether oxygens (including phenoxy) is 1. The summed E-state index contributed by atoms with van der Waals surface area (Å²) in [6.07, 6.45) is 1.52. The summed E-state index contributed by atoms with van der Waals surface area (Å²) in [6, 6.07) is 12.0. The molecule has 6 heteroatoms. The molecule has 2 amide bonds. The fourth-order valence-corrected chi connectivity index (χ4v) is 2.80. The SMILES string of the molecule is CC(=O)N1CCc2cc(NC(=O)COc3ccc(C=O)cc3)ccc21. The van der Waals surface area contributed by atoms with E-state index in [1.807, 2.05) is 12.1 Å². The average Bonchev–Trinajstić information content (AvgIpc) is 3.04. The molecule has 128 valence electrons. The molecule has 0 atom stereocenters. The molecule has 1 heterocycles. The van der Waals surface area contributed by atoms with E-state index in [-0.39, 0.29) is 18.4 Å². The Labute approximate surface area is 145 Å². The Kier molecular flexibility index (Phi) is 4.79. The minimum atomic E-state index is -0.277. The lowest BCUT2D eigenvalue weighted by molar-refractivity contribution is -0.118. The summed E-state index contributed by atoms with van der Waals surface area (Å²) in [5, 5.41) is 2.78. The minimum absolute atomic E-state index is 0.0181. The van der Waals surface area contributed by atoms with Crippen LogP contribution in [0.4, 0.5) is 11.4 Å². The molecule has 6 nitrogen and oxygen atoms in total. The molecule has 1 aliphatic rings. The monoisotopic (exact) mass is 338 g/mol. The fourth-order valence-electron chi connectivity index (χ4n) is 2.80. The number of aldehydes is 1. The van der Waals surface area contributed by atoms with Crippen LogP contribution in [0.2, 0.25) is 0 Å². The molecule has 0 saturated heterocycles. The highest BCUT2D eigenvalue weighted by Gasteiger charge is 2.22. The summed E-state index contributed by atoms with van der Waals surface area (Å²) in [6.45, 7) is 2.09. The van der Waals surface area contributed by atoms with Gasteiger partial charge in [-0.05, 0) is 54.4 Å². The first kappa shape index (κ1) is 16.7. The van der Waals surface area contributed by atoms with Crippen molar-refractivity contribution in [2.45, 2.75) is 13.3 Å². The molecule has 0 fully saturated rings. The summed E-state index contributed by atoms with van der Waals surface area (Å²) >= 11 is 0. The van der Waals surface area contributed by atoms with Crippen molar-refractivity contribution in [2.24, 2.45) is 0 Å². The van der Waals surface area contributed by atoms with Crippen molar-refractivity contribution in [3.63, 3.8) is 0 Å². The maximum atomic E-state index is 12.0. The van der Waals surface area contributed by atoms with E-state index in [2.05, 4.69) is 5.32 Å². The first-order valence-electron chi connectivity index (χ1n) is 7.96. The van der Waals surface area contributed by atoms with Gasteiger partial charge in [0.2, 0.25) is 5.91 Å². The van der Waals surface area contributed by atoms with Crippen LogP contribution in [0, 0.1) is 0 Å². The van der Waals surface area contributed by atoms with Gasteiger partial charge < -0.3 is 15.0 Å². The zero-order valence-corrected chi connectivity index (χ0v) is 13.8. The molecule has 1 aliphatic heterocycles. The predicted octanol–water partition coefficient (Wildman–Crippen LogP) is 2.43. The number of anilines is 2. The molecule has 2 aromatic rings. The third-order valence-electron chi connectivity index (χ3n) is 4.03. The largest absolute Gasteiger partial charge is 0.484 e. The topological polar surface area (TPSA) is 75.7 Å². The third-order valence-corrected chi connectivity index (χ3v) is 4.03. The summed E-state index contributed by atoms with van der Waals surface area (Å²) in [4.78, 5) is 35.9. The van der Waals surface area contributed by atoms with E-state index >= 15 is 0 Å². The van der Waals surface area contributed by atoms with Crippen molar-refractivity contribution in [1.29, 1.82) is 0 Å². The lowest BCUT2D eigenvalue weighted by Gasteiger charge is -2.15. The van der Waals surface area contributed by atoms with Gasteiger partial charge in [0.1, 0.15) is 12.0 Å². The van der Waals surface area contributed by atoms with Crippen LogP contribution >= 0.6 is 0 Å². The number of nitrogens with one attached hydrogen (secondary N) is 1. The number of benzene rings is 2. The van der Waals surface area contributed by atoms with Gasteiger partial charge in [0.05, 0.1) is 0 Å². The van der Waals surface area contributed by atoms with Gasteiger partial charge in [-0.15, -0.1) is 0 Å². The average molecular weight is 338 g/mol. The Balaban J connectivity index is 1.58. The van der Waals surface area contributed by atoms with Crippen LogP contribution in [-0.2, 0) is 16.0 Å². The number of hydrogen-bond acceptors (Lipinski definition) is 4. The molecule has 0 unspecified atom stereocenters. The smallest absolute Gasteiger partial charge is 0.262 e. The predicted molar refractivity (Wildman–Crippen MR) is 94.1 cm³/mol. The highest BCUT2D eigenvalue weighted by molar-refractivity contribution is 5.96. The van der Waals surface area contributed by atoms with Crippen LogP contribution < -0.4 is 15.0 Å². The Morgan fingerprint density at radius 3 is 2.64 bits per heavy atom. The highest BCUT2D eigenvalue weighted by Crippen LogP contribution is 2.30. The first-order chi connectivity index (χ1) is 12.1. The molecular formula is C19H18N2O4. The second-order valence-electron chi connectivity index (χ2n) is 5.79. The normalized spacial score (nSPS) is 12.4. The Bertz CT molecular complexity index is 815.